The second kappa shape index (κ2) is 5.79. The van der Waals surface area contributed by atoms with Gasteiger partial charge in [-0.1, -0.05) is 23.2 Å². The average molecular weight is 334 g/mol. The molecule has 0 amide bonds. The summed E-state index contributed by atoms with van der Waals surface area (Å²) in [6.45, 7) is 0. The largest absolute Gasteiger partial charge is 0.346 e. The van der Waals surface area contributed by atoms with E-state index in [1.807, 2.05) is 6.07 Å². The Labute approximate surface area is 135 Å². The van der Waals surface area contributed by atoms with Crippen LogP contribution >= 0.6 is 23.2 Å². The van der Waals surface area contributed by atoms with Gasteiger partial charge in [0.15, 0.2) is 0 Å². The van der Waals surface area contributed by atoms with Crippen molar-refractivity contribution in [3.63, 3.8) is 0 Å². The van der Waals surface area contributed by atoms with Crippen molar-refractivity contribution in [1.29, 1.82) is 0 Å². The van der Waals surface area contributed by atoms with Gasteiger partial charge in [0.25, 0.3) is 5.69 Å². The van der Waals surface area contributed by atoms with Crippen LogP contribution in [0.3, 0.4) is 0 Å². The molecule has 0 saturated carbocycles. The van der Waals surface area contributed by atoms with E-state index in [9.17, 15) is 10.1 Å². The fourth-order valence-electron chi connectivity index (χ4n) is 2.18. The molecule has 0 saturated heterocycles. The number of benzene rings is 1. The van der Waals surface area contributed by atoms with Crippen LogP contribution in [0.25, 0.3) is 5.57 Å². The maximum Gasteiger partial charge on any atom is 0.269 e. The Balaban J connectivity index is 2.15. The van der Waals surface area contributed by atoms with E-state index in [1.165, 1.54) is 12.1 Å². The third-order valence-corrected chi connectivity index (χ3v) is 3.58. The molecule has 1 aromatic carbocycles. The lowest BCUT2D eigenvalue weighted by Crippen LogP contribution is -1.93. The molecule has 0 fully saturated rings. The molecule has 0 spiro atoms. The summed E-state index contributed by atoms with van der Waals surface area (Å²) in [5, 5.41) is 11.6. The zero-order valence-corrected chi connectivity index (χ0v) is 12.6. The van der Waals surface area contributed by atoms with Gasteiger partial charge in [0.05, 0.1) is 10.6 Å². The van der Waals surface area contributed by atoms with E-state index in [0.717, 1.165) is 16.8 Å². The predicted molar refractivity (Wildman–Crippen MR) is 87.3 cm³/mol. The van der Waals surface area contributed by atoms with Gasteiger partial charge < -0.3 is 4.98 Å². The van der Waals surface area contributed by atoms with Crippen molar-refractivity contribution in [2.75, 3.05) is 0 Å². The quantitative estimate of drug-likeness (QED) is 0.661. The summed E-state index contributed by atoms with van der Waals surface area (Å²) in [6.07, 6.45) is 3.47. The van der Waals surface area contributed by atoms with Crippen LogP contribution in [-0.4, -0.2) is 15.1 Å². The third kappa shape index (κ3) is 2.81. The Hall–Kier alpha value is -2.37. The minimum Gasteiger partial charge on any atom is -0.346 e. The standard InChI is InChI=1S/C15H9Cl2N3O2/c16-13-7-5-11(18-13)15(12-6-8-14(17)19-12)9-1-3-10(4-2-9)20(21)22/h1-8,18H. The Bertz CT molecular complexity index is 833. The molecule has 0 radical (unpaired) electrons. The van der Waals surface area contributed by atoms with Crippen molar-refractivity contribution in [3.8, 4) is 0 Å². The lowest BCUT2D eigenvalue weighted by Gasteiger charge is -2.08. The summed E-state index contributed by atoms with van der Waals surface area (Å²) >= 11 is 11.8. The molecule has 2 aromatic rings. The highest BCUT2D eigenvalue weighted by atomic mass is 35.5. The number of hydrogen-bond donors (Lipinski definition) is 1. The van der Waals surface area contributed by atoms with Crippen molar-refractivity contribution >= 4 is 39.6 Å². The van der Waals surface area contributed by atoms with Gasteiger partial charge in [-0.2, -0.15) is 0 Å². The molecule has 0 unspecified atom stereocenters. The molecular formula is C15H9Cl2N3O2. The molecule has 1 aliphatic heterocycles. The highest BCUT2D eigenvalue weighted by Gasteiger charge is 2.16. The molecule has 1 aliphatic rings. The Morgan fingerprint density at radius 3 is 2.32 bits per heavy atom. The summed E-state index contributed by atoms with van der Waals surface area (Å²) in [5.41, 5.74) is 3.00. The van der Waals surface area contributed by atoms with Crippen molar-refractivity contribution in [2.45, 2.75) is 0 Å². The zero-order valence-electron chi connectivity index (χ0n) is 11.1. The van der Waals surface area contributed by atoms with Gasteiger partial charge >= 0.3 is 0 Å². The van der Waals surface area contributed by atoms with E-state index in [1.54, 1.807) is 30.4 Å². The van der Waals surface area contributed by atoms with Gasteiger partial charge in [-0.05, 0) is 42.0 Å². The fourth-order valence-corrected chi connectivity index (χ4v) is 2.50. The van der Waals surface area contributed by atoms with Crippen LogP contribution in [0, 0.1) is 10.1 Å². The number of nitrogens with one attached hydrogen (secondary N) is 1. The van der Waals surface area contributed by atoms with Crippen LogP contribution in [0.1, 0.15) is 11.3 Å². The molecule has 22 heavy (non-hydrogen) atoms. The predicted octanol–water partition coefficient (Wildman–Crippen LogP) is 4.54. The summed E-state index contributed by atoms with van der Waals surface area (Å²) in [5.74, 6) is 0. The summed E-state index contributed by atoms with van der Waals surface area (Å²) in [7, 11) is 0. The van der Waals surface area contributed by atoms with Crippen molar-refractivity contribution in [2.24, 2.45) is 4.99 Å². The number of allylic oxidation sites excluding steroid dienone is 2. The molecule has 5 nitrogen and oxygen atoms in total. The minimum atomic E-state index is -0.438. The van der Waals surface area contributed by atoms with Crippen LogP contribution in [0.5, 0.6) is 0 Å². The first kappa shape index (κ1) is 14.6. The maximum absolute atomic E-state index is 10.8. The SMILES string of the molecule is O=[N+]([O-])c1ccc(C(=C2C=CC(Cl)=N2)c2ccc(Cl)[nH]2)cc1. The van der Waals surface area contributed by atoms with Gasteiger partial charge in [-0.3, -0.25) is 10.1 Å². The van der Waals surface area contributed by atoms with Gasteiger partial charge in [0.1, 0.15) is 10.3 Å². The van der Waals surface area contributed by atoms with Gasteiger partial charge in [-0.15, -0.1) is 0 Å². The Morgan fingerprint density at radius 1 is 1.09 bits per heavy atom. The van der Waals surface area contributed by atoms with Gasteiger partial charge in [0.2, 0.25) is 0 Å². The molecule has 1 aromatic heterocycles. The number of non-ortho nitro benzene ring substituents is 1. The maximum atomic E-state index is 10.8. The van der Waals surface area contributed by atoms with Crippen molar-refractivity contribution in [3.05, 3.63) is 80.8 Å². The fraction of sp³-hybridized carbons (Fsp3) is 0. The molecule has 0 bridgehead atoms. The molecule has 110 valence electrons. The van der Waals surface area contributed by atoms with E-state index in [4.69, 9.17) is 23.2 Å². The molecule has 1 N–H and O–H groups in total. The van der Waals surface area contributed by atoms with Crippen molar-refractivity contribution in [1.82, 2.24) is 4.98 Å². The number of halogens is 2. The normalized spacial score (nSPS) is 15.8. The van der Waals surface area contributed by atoms with E-state index in [0.29, 0.717) is 16.0 Å². The second-order valence-corrected chi connectivity index (χ2v) is 5.35. The molecule has 0 aliphatic carbocycles. The first-order chi connectivity index (χ1) is 10.5. The highest BCUT2D eigenvalue weighted by Crippen LogP contribution is 2.31. The van der Waals surface area contributed by atoms with Crippen LogP contribution in [-0.2, 0) is 0 Å². The zero-order chi connectivity index (χ0) is 15.7. The van der Waals surface area contributed by atoms with E-state index in [2.05, 4.69) is 9.98 Å². The second-order valence-electron chi connectivity index (χ2n) is 4.55. The van der Waals surface area contributed by atoms with E-state index >= 15 is 0 Å². The molecular weight excluding hydrogens is 325 g/mol. The topological polar surface area (TPSA) is 71.3 Å². The molecule has 7 heteroatoms. The smallest absolute Gasteiger partial charge is 0.269 e. The number of nitro groups is 1. The molecule has 0 atom stereocenters. The van der Waals surface area contributed by atoms with Crippen LogP contribution < -0.4 is 0 Å². The number of aliphatic imine (C=N–C) groups is 1. The number of hydrogen-bond acceptors (Lipinski definition) is 3. The monoisotopic (exact) mass is 333 g/mol. The number of rotatable bonds is 3. The number of aromatic nitrogens is 1. The first-order valence-electron chi connectivity index (χ1n) is 6.31. The van der Waals surface area contributed by atoms with Crippen LogP contribution in [0.4, 0.5) is 5.69 Å². The number of aromatic amines is 1. The summed E-state index contributed by atoms with van der Waals surface area (Å²) < 4.78 is 0. The average Bonchev–Trinajstić information content (AvgIpc) is 3.09. The lowest BCUT2D eigenvalue weighted by molar-refractivity contribution is -0.384. The Kier molecular flexibility index (Phi) is 3.83. The van der Waals surface area contributed by atoms with Crippen LogP contribution in [0.2, 0.25) is 5.15 Å². The van der Waals surface area contributed by atoms with E-state index in [-0.39, 0.29) is 5.69 Å². The Morgan fingerprint density at radius 2 is 1.82 bits per heavy atom. The van der Waals surface area contributed by atoms with E-state index < -0.39 is 4.92 Å². The van der Waals surface area contributed by atoms with Gasteiger partial charge in [-0.25, -0.2) is 4.99 Å². The third-order valence-electron chi connectivity index (χ3n) is 3.15. The number of nitrogens with zero attached hydrogens (tertiary/aromatic N) is 2. The van der Waals surface area contributed by atoms with Gasteiger partial charge in [0, 0.05) is 23.4 Å². The lowest BCUT2D eigenvalue weighted by atomic mass is 10.0. The van der Waals surface area contributed by atoms with Crippen LogP contribution in [0.15, 0.2) is 59.2 Å². The molecule has 2 heterocycles. The molecule has 3 rings (SSSR count). The summed E-state index contributed by atoms with van der Waals surface area (Å²) in [6, 6.07) is 9.79. The minimum absolute atomic E-state index is 0.0288. The van der Waals surface area contributed by atoms with Crippen molar-refractivity contribution < 1.29 is 4.92 Å². The number of nitro benzene ring substituents is 1. The number of H-pyrrole nitrogens is 1. The highest BCUT2D eigenvalue weighted by molar-refractivity contribution is 6.69. The first-order valence-corrected chi connectivity index (χ1v) is 7.06. The summed E-state index contributed by atoms with van der Waals surface area (Å²) in [4.78, 5) is 17.6.